The van der Waals surface area contributed by atoms with E-state index in [9.17, 15) is 9.59 Å². The number of nitrogens with zero attached hydrogens (tertiary/aromatic N) is 2. The average Bonchev–Trinajstić information content (AvgIpc) is 3.22. The molecule has 3 rings (SSSR count). The quantitative estimate of drug-likeness (QED) is 0.689. The van der Waals surface area contributed by atoms with E-state index >= 15 is 0 Å². The van der Waals surface area contributed by atoms with Crippen molar-refractivity contribution < 1.29 is 14.7 Å². The van der Waals surface area contributed by atoms with Crippen molar-refractivity contribution in [1.29, 1.82) is 0 Å². The van der Waals surface area contributed by atoms with Crippen LogP contribution in [0.2, 0.25) is 0 Å². The average molecular weight is 380 g/mol. The first-order valence-corrected chi connectivity index (χ1v) is 10.4. The summed E-state index contributed by atoms with van der Waals surface area (Å²) < 4.78 is 0. The molecule has 0 spiro atoms. The minimum absolute atomic E-state index is 0.0262. The van der Waals surface area contributed by atoms with Crippen LogP contribution in [0.25, 0.3) is 0 Å². The van der Waals surface area contributed by atoms with Crippen LogP contribution in [-0.2, 0) is 11.2 Å². The Labute approximate surface area is 159 Å². The van der Waals surface area contributed by atoms with Gasteiger partial charge in [0.15, 0.2) is 0 Å². The van der Waals surface area contributed by atoms with Gasteiger partial charge in [-0.05, 0) is 50.9 Å². The smallest absolute Gasteiger partial charge is 0.317 e. The number of thiazole rings is 1. The SMILES string of the molecule is Cc1nc(CC(C)C)c(C(=O)NC2CC(N(CC(=O)O)CC3CC3)C2)s1. The Balaban J connectivity index is 1.53. The third-order valence-corrected chi connectivity index (χ3v) is 6.12. The van der Waals surface area contributed by atoms with E-state index < -0.39 is 5.97 Å². The maximum atomic E-state index is 12.7. The lowest BCUT2D eigenvalue weighted by Gasteiger charge is -2.42. The highest BCUT2D eigenvalue weighted by Crippen LogP contribution is 2.34. The Hall–Kier alpha value is -1.47. The highest BCUT2D eigenvalue weighted by atomic mass is 32.1. The van der Waals surface area contributed by atoms with Gasteiger partial charge in [-0.3, -0.25) is 14.5 Å². The molecule has 1 aromatic rings. The van der Waals surface area contributed by atoms with Crippen LogP contribution in [-0.4, -0.2) is 52.0 Å². The lowest BCUT2D eigenvalue weighted by molar-refractivity contribution is -0.139. The summed E-state index contributed by atoms with van der Waals surface area (Å²) in [6, 6.07) is 0.410. The first kappa shape index (κ1) is 19.3. The van der Waals surface area contributed by atoms with Crippen LogP contribution in [0.3, 0.4) is 0 Å². The number of carboxylic acids is 1. The normalized spacial score (nSPS) is 22.5. The van der Waals surface area contributed by atoms with Crippen LogP contribution in [0.15, 0.2) is 0 Å². The highest BCUT2D eigenvalue weighted by molar-refractivity contribution is 7.13. The van der Waals surface area contributed by atoms with E-state index in [1.807, 2.05) is 6.92 Å². The Morgan fingerprint density at radius 2 is 2.04 bits per heavy atom. The topological polar surface area (TPSA) is 82.5 Å². The predicted molar refractivity (Wildman–Crippen MR) is 102 cm³/mol. The van der Waals surface area contributed by atoms with Crippen LogP contribution < -0.4 is 5.32 Å². The zero-order chi connectivity index (χ0) is 18.8. The molecule has 2 fully saturated rings. The number of hydrogen-bond donors (Lipinski definition) is 2. The van der Waals surface area contributed by atoms with Crippen molar-refractivity contribution in [1.82, 2.24) is 15.2 Å². The summed E-state index contributed by atoms with van der Waals surface area (Å²) in [4.78, 5) is 31.1. The van der Waals surface area contributed by atoms with E-state index in [2.05, 4.69) is 29.0 Å². The van der Waals surface area contributed by atoms with Crippen LogP contribution in [0, 0.1) is 18.8 Å². The van der Waals surface area contributed by atoms with Gasteiger partial charge >= 0.3 is 5.97 Å². The summed E-state index contributed by atoms with van der Waals surface area (Å²) in [5.74, 6) is 0.336. The number of aliphatic carboxylic acids is 1. The summed E-state index contributed by atoms with van der Waals surface area (Å²) in [7, 11) is 0. The Morgan fingerprint density at radius 3 is 2.62 bits per heavy atom. The lowest BCUT2D eigenvalue weighted by Crippen LogP contribution is -2.55. The van der Waals surface area contributed by atoms with Crippen molar-refractivity contribution in [3.8, 4) is 0 Å². The fourth-order valence-corrected chi connectivity index (χ4v) is 4.43. The van der Waals surface area contributed by atoms with Gasteiger partial charge in [-0.15, -0.1) is 11.3 Å². The number of rotatable bonds is 9. The summed E-state index contributed by atoms with van der Waals surface area (Å²) in [6.07, 6.45) is 4.92. The molecule has 0 radical (unpaired) electrons. The fourth-order valence-electron chi connectivity index (χ4n) is 3.58. The second-order valence-corrected chi connectivity index (χ2v) is 9.37. The van der Waals surface area contributed by atoms with Crippen LogP contribution in [0.5, 0.6) is 0 Å². The van der Waals surface area contributed by atoms with E-state index in [1.165, 1.54) is 24.2 Å². The minimum atomic E-state index is -0.767. The van der Waals surface area contributed by atoms with Gasteiger partial charge in [0.2, 0.25) is 0 Å². The molecular weight excluding hydrogens is 350 g/mol. The number of aromatic nitrogens is 1. The zero-order valence-electron chi connectivity index (χ0n) is 15.8. The maximum absolute atomic E-state index is 12.7. The monoisotopic (exact) mass is 379 g/mol. The largest absolute Gasteiger partial charge is 0.480 e. The first-order valence-electron chi connectivity index (χ1n) is 9.54. The molecule has 0 atom stereocenters. The molecule has 2 N–H and O–H groups in total. The van der Waals surface area contributed by atoms with E-state index in [0.29, 0.717) is 11.8 Å². The minimum Gasteiger partial charge on any atom is -0.480 e. The van der Waals surface area contributed by atoms with Crippen molar-refractivity contribution in [3.05, 3.63) is 15.6 Å². The molecule has 26 heavy (non-hydrogen) atoms. The van der Waals surface area contributed by atoms with Crippen molar-refractivity contribution in [2.75, 3.05) is 13.1 Å². The third kappa shape index (κ3) is 5.04. The second kappa shape index (κ2) is 8.05. The Morgan fingerprint density at radius 1 is 1.35 bits per heavy atom. The van der Waals surface area contributed by atoms with Gasteiger partial charge < -0.3 is 10.4 Å². The van der Waals surface area contributed by atoms with Gasteiger partial charge in [0.1, 0.15) is 4.88 Å². The predicted octanol–water partition coefficient (Wildman–Crippen LogP) is 2.71. The fraction of sp³-hybridized carbons (Fsp3) is 0.737. The molecule has 2 aliphatic rings. The van der Waals surface area contributed by atoms with Crippen molar-refractivity contribution in [3.63, 3.8) is 0 Å². The molecule has 144 valence electrons. The van der Waals surface area contributed by atoms with Crippen molar-refractivity contribution in [2.45, 2.75) is 65.0 Å². The van der Waals surface area contributed by atoms with Gasteiger partial charge in [0, 0.05) is 18.6 Å². The molecule has 0 aromatic carbocycles. The van der Waals surface area contributed by atoms with E-state index in [0.717, 1.165) is 41.4 Å². The standard InChI is InChI=1S/C19H29N3O3S/c1-11(2)6-16-18(26-12(3)20-16)19(25)21-14-7-15(8-14)22(10-17(23)24)9-13-4-5-13/h11,13-15H,4-10H2,1-3H3,(H,21,25)(H,23,24). The number of nitrogens with one attached hydrogen (secondary N) is 1. The Bertz CT molecular complexity index is 663. The molecule has 2 saturated carbocycles. The number of carboxylic acid groups (broad SMARTS) is 1. The molecule has 6 nitrogen and oxygen atoms in total. The molecule has 1 heterocycles. The number of hydrogen-bond acceptors (Lipinski definition) is 5. The summed E-state index contributed by atoms with van der Waals surface area (Å²) in [6.45, 7) is 7.18. The molecule has 2 aliphatic carbocycles. The number of amides is 1. The van der Waals surface area contributed by atoms with Crippen molar-refractivity contribution in [2.24, 2.45) is 11.8 Å². The van der Waals surface area contributed by atoms with Crippen molar-refractivity contribution >= 4 is 23.2 Å². The summed E-state index contributed by atoms with van der Waals surface area (Å²) in [5.41, 5.74) is 0.900. The number of aryl methyl sites for hydroxylation is 1. The summed E-state index contributed by atoms with van der Waals surface area (Å²) >= 11 is 1.46. The second-order valence-electron chi connectivity index (χ2n) is 8.17. The first-order chi connectivity index (χ1) is 12.3. The van der Waals surface area contributed by atoms with E-state index in [4.69, 9.17) is 5.11 Å². The van der Waals surface area contributed by atoms with Gasteiger partial charge in [-0.25, -0.2) is 4.98 Å². The molecule has 0 saturated heterocycles. The molecule has 0 aliphatic heterocycles. The highest BCUT2D eigenvalue weighted by Gasteiger charge is 2.38. The van der Waals surface area contributed by atoms with Crippen LogP contribution in [0.1, 0.15) is 59.9 Å². The maximum Gasteiger partial charge on any atom is 0.317 e. The van der Waals surface area contributed by atoms with Crippen LogP contribution in [0.4, 0.5) is 0 Å². The molecular formula is C19H29N3O3S. The lowest BCUT2D eigenvalue weighted by atomic mass is 9.85. The van der Waals surface area contributed by atoms with Crippen LogP contribution >= 0.6 is 11.3 Å². The molecule has 1 amide bonds. The molecule has 1 aromatic heterocycles. The van der Waals surface area contributed by atoms with E-state index in [-0.39, 0.29) is 24.5 Å². The van der Waals surface area contributed by atoms with E-state index in [1.54, 1.807) is 0 Å². The zero-order valence-corrected chi connectivity index (χ0v) is 16.6. The van der Waals surface area contributed by atoms with Gasteiger partial charge in [0.25, 0.3) is 5.91 Å². The molecule has 0 unspecified atom stereocenters. The molecule has 7 heteroatoms. The van der Waals surface area contributed by atoms with Gasteiger partial charge in [0.05, 0.1) is 17.2 Å². The third-order valence-electron chi connectivity index (χ3n) is 5.10. The number of carbonyl (C=O) groups is 2. The summed E-state index contributed by atoms with van der Waals surface area (Å²) in [5, 5.41) is 13.2. The number of carbonyl (C=O) groups excluding carboxylic acids is 1. The van der Waals surface area contributed by atoms with Gasteiger partial charge in [-0.2, -0.15) is 0 Å². The molecule has 0 bridgehead atoms. The Kier molecular flexibility index (Phi) is 5.97. The van der Waals surface area contributed by atoms with Gasteiger partial charge in [-0.1, -0.05) is 13.8 Å².